The summed E-state index contributed by atoms with van der Waals surface area (Å²) >= 11 is 0. The summed E-state index contributed by atoms with van der Waals surface area (Å²) in [5.74, 6) is 0.454. The molecule has 0 radical (unpaired) electrons. The Morgan fingerprint density at radius 3 is 2.48 bits per heavy atom. The van der Waals surface area contributed by atoms with Gasteiger partial charge >= 0.3 is 0 Å². The van der Waals surface area contributed by atoms with Crippen molar-refractivity contribution in [3.63, 3.8) is 0 Å². The molecule has 2 aliphatic heterocycles. The van der Waals surface area contributed by atoms with Gasteiger partial charge in [-0.3, -0.25) is 9.78 Å². The zero-order chi connectivity index (χ0) is 28.5. The van der Waals surface area contributed by atoms with E-state index in [1.54, 1.807) is 6.92 Å². The average molecular weight is 533 g/mol. The Hall–Kier alpha value is -4.06. The van der Waals surface area contributed by atoms with Gasteiger partial charge in [-0.2, -0.15) is 0 Å². The number of aromatic amines is 2. The molecule has 2 N–H and O–H groups in total. The third kappa shape index (κ3) is 3.92. The number of hydrogen-bond donors (Lipinski definition) is 2. The normalized spacial score (nSPS) is 18.1. The van der Waals surface area contributed by atoms with Crippen LogP contribution >= 0.6 is 0 Å². The van der Waals surface area contributed by atoms with Crippen molar-refractivity contribution in [2.24, 2.45) is 0 Å². The van der Waals surface area contributed by atoms with Gasteiger partial charge in [0.25, 0.3) is 0 Å². The highest BCUT2D eigenvalue weighted by Gasteiger charge is 2.35. The third-order valence-electron chi connectivity index (χ3n) is 9.16. The fourth-order valence-corrected chi connectivity index (χ4v) is 6.79. The number of Topliss-reactive ketones (excluding diaryl/α,β-unsaturated/α-hetero) is 2. The Morgan fingerprint density at radius 1 is 1.05 bits per heavy atom. The minimum atomic E-state index is 0.0593. The number of ketones is 2. The van der Waals surface area contributed by atoms with Crippen LogP contribution in [0.1, 0.15) is 114 Å². The van der Waals surface area contributed by atoms with Gasteiger partial charge in [0.2, 0.25) is 0 Å². The molecule has 3 aliphatic rings. The number of allylic oxidation sites excluding steroid dienone is 2. The Balaban J connectivity index is 1.77. The van der Waals surface area contributed by atoms with Crippen molar-refractivity contribution >= 4 is 50.9 Å². The summed E-state index contributed by atoms with van der Waals surface area (Å²) in [4.78, 5) is 42.9. The first-order valence-electron chi connectivity index (χ1n) is 14.2. The lowest BCUT2D eigenvalue weighted by Gasteiger charge is -2.16. The summed E-state index contributed by atoms with van der Waals surface area (Å²) in [7, 11) is 0. The molecule has 6 rings (SSSR count). The van der Waals surface area contributed by atoms with Crippen molar-refractivity contribution in [1.82, 2.24) is 19.9 Å². The van der Waals surface area contributed by atoms with E-state index in [9.17, 15) is 9.59 Å². The van der Waals surface area contributed by atoms with Crippen molar-refractivity contribution in [1.29, 1.82) is 0 Å². The van der Waals surface area contributed by atoms with Gasteiger partial charge in [-0.25, -0.2) is 4.98 Å². The minimum absolute atomic E-state index is 0.0593. The molecule has 2 atom stereocenters. The molecule has 0 saturated carbocycles. The number of H-pyrrole nitrogens is 2. The zero-order valence-corrected chi connectivity index (χ0v) is 24.2. The van der Waals surface area contributed by atoms with Gasteiger partial charge in [-0.1, -0.05) is 26.5 Å². The second-order valence-electron chi connectivity index (χ2n) is 11.5. The Labute approximate surface area is 234 Å². The maximum atomic E-state index is 13.4. The van der Waals surface area contributed by atoms with E-state index < -0.39 is 0 Å². The lowest BCUT2D eigenvalue weighted by molar-refractivity contribution is -0.117. The van der Waals surface area contributed by atoms with Crippen LogP contribution in [-0.2, 0) is 11.2 Å². The first kappa shape index (κ1) is 26.2. The van der Waals surface area contributed by atoms with Crippen molar-refractivity contribution in [3.8, 4) is 0 Å². The number of aromatic nitrogens is 4. The Morgan fingerprint density at radius 2 is 1.77 bits per heavy atom. The molecule has 0 unspecified atom stereocenters. The molecular weight excluding hydrogens is 496 g/mol. The van der Waals surface area contributed by atoms with E-state index in [1.807, 2.05) is 13.0 Å². The molecular formula is C34H36N4O2. The van der Waals surface area contributed by atoms with Crippen LogP contribution in [0.3, 0.4) is 0 Å². The number of fused-ring (bicyclic) bond motifs is 8. The number of aryl methyl sites for hydroxylation is 2. The molecule has 8 bridgehead atoms. The standard InChI is InChI=1S/C34H36N4O2/c1-8-21-17(4)25-13-27-19(6)23(11-10-16(3)39)33(37-27)24-12-31(40)32-20(7)28(38-34(24)32)15-30-22(9-2)18(5)26(36-30)14-29(21)35-25/h8,13-15,19,23,35,38H,1,9-12H2,2-7H3/t19-,23-/m0/s1. The summed E-state index contributed by atoms with van der Waals surface area (Å²) in [6, 6.07) is 6.34. The van der Waals surface area contributed by atoms with Gasteiger partial charge in [-0.15, -0.1) is 0 Å². The number of carbonyl (C=O) groups excluding carboxylic acids is 2. The van der Waals surface area contributed by atoms with Crippen molar-refractivity contribution in [3.05, 3.63) is 75.4 Å². The monoisotopic (exact) mass is 532 g/mol. The molecule has 0 saturated heterocycles. The highest BCUT2D eigenvalue weighted by molar-refractivity contribution is 6.13. The molecule has 0 amide bonds. The van der Waals surface area contributed by atoms with Crippen molar-refractivity contribution < 1.29 is 9.59 Å². The summed E-state index contributed by atoms with van der Waals surface area (Å²) < 4.78 is 0. The van der Waals surface area contributed by atoms with Crippen molar-refractivity contribution in [2.45, 2.75) is 79.1 Å². The number of rotatable bonds is 5. The smallest absolute Gasteiger partial charge is 0.169 e. The molecule has 0 spiro atoms. The SMILES string of the molecule is C=Cc1c(C)c2cc3nc(c4c5[nH]c(cc6nc(cc1[nH]2)C(C)=C6CC)c(C)c5C(=O)C4)[C@@H](CCC(C)=O)[C@@H]3C. The molecule has 0 aromatic carbocycles. The van der Waals surface area contributed by atoms with Crippen LogP contribution in [0.2, 0.25) is 0 Å². The van der Waals surface area contributed by atoms with Gasteiger partial charge in [0, 0.05) is 63.6 Å². The Bertz CT molecular complexity index is 1830. The predicted molar refractivity (Wildman–Crippen MR) is 162 cm³/mol. The van der Waals surface area contributed by atoms with E-state index in [4.69, 9.17) is 9.97 Å². The number of carbonyl (C=O) groups is 2. The van der Waals surface area contributed by atoms with Crippen molar-refractivity contribution in [2.75, 3.05) is 0 Å². The van der Waals surface area contributed by atoms with E-state index in [2.05, 4.69) is 62.4 Å². The quantitative estimate of drug-likeness (QED) is 0.349. The second kappa shape index (κ2) is 9.54. The Kier molecular flexibility index (Phi) is 6.25. The van der Waals surface area contributed by atoms with E-state index in [0.717, 1.165) is 84.7 Å². The molecule has 6 heteroatoms. The first-order valence-corrected chi connectivity index (χ1v) is 14.2. The highest BCUT2D eigenvalue weighted by atomic mass is 16.1. The molecule has 3 aromatic heterocycles. The molecule has 0 fully saturated rings. The molecule has 6 nitrogen and oxygen atoms in total. The van der Waals surface area contributed by atoms with E-state index in [1.165, 1.54) is 5.57 Å². The predicted octanol–water partition coefficient (Wildman–Crippen LogP) is 7.91. The topological polar surface area (TPSA) is 91.5 Å². The van der Waals surface area contributed by atoms with Crippen LogP contribution in [0.15, 0.2) is 24.8 Å². The fraction of sp³-hybridized carbons (Fsp3) is 0.353. The lowest BCUT2D eigenvalue weighted by atomic mass is 9.85. The van der Waals surface area contributed by atoms with Gasteiger partial charge in [0.05, 0.1) is 22.6 Å². The molecule has 3 aromatic rings. The average Bonchev–Trinajstić information content (AvgIpc) is 3.65. The molecule has 40 heavy (non-hydrogen) atoms. The summed E-state index contributed by atoms with van der Waals surface area (Å²) in [5, 5.41) is 0. The number of nitrogens with zero attached hydrogens (tertiary/aromatic N) is 2. The van der Waals surface area contributed by atoms with Gasteiger partial charge in [0.15, 0.2) is 5.78 Å². The fourth-order valence-electron chi connectivity index (χ4n) is 6.79. The van der Waals surface area contributed by atoms with Crippen LogP contribution < -0.4 is 0 Å². The summed E-state index contributed by atoms with van der Waals surface area (Å²) in [6.45, 7) is 16.3. The van der Waals surface area contributed by atoms with Crippen LogP contribution in [0.25, 0.3) is 39.3 Å². The zero-order valence-electron chi connectivity index (χ0n) is 24.2. The van der Waals surface area contributed by atoms with E-state index >= 15 is 0 Å². The van der Waals surface area contributed by atoms with Crippen LogP contribution in [0.5, 0.6) is 0 Å². The maximum absolute atomic E-state index is 13.4. The van der Waals surface area contributed by atoms with Crippen LogP contribution in [0, 0.1) is 13.8 Å². The molecule has 5 heterocycles. The largest absolute Gasteiger partial charge is 0.355 e. The molecule has 1 aliphatic carbocycles. The summed E-state index contributed by atoms with van der Waals surface area (Å²) in [5.41, 5.74) is 14.7. The maximum Gasteiger partial charge on any atom is 0.169 e. The minimum Gasteiger partial charge on any atom is -0.355 e. The second-order valence-corrected chi connectivity index (χ2v) is 11.5. The van der Waals surface area contributed by atoms with E-state index in [0.29, 0.717) is 19.3 Å². The molecule has 204 valence electrons. The first-order chi connectivity index (χ1) is 19.1. The summed E-state index contributed by atoms with van der Waals surface area (Å²) in [6.07, 6.45) is 4.28. The van der Waals surface area contributed by atoms with Crippen LogP contribution in [-0.4, -0.2) is 31.5 Å². The van der Waals surface area contributed by atoms with Gasteiger partial charge in [-0.05, 0) is 81.0 Å². The third-order valence-corrected chi connectivity index (χ3v) is 9.16. The van der Waals surface area contributed by atoms with Gasteiger partial charge in [0.1, 0.15) is 5.78 Å². The van der Waals surface area contributed by atoms with E-state index in [-0.39, 0.29) is 23.4 Å². The number of hydrogen-bond acceptors (Lipinski definition) is 4. The highest BCUT2D eigenvalue weighted by Crippen LogP contribution is 2.44. The van der Waals surface area contributed by atoms with Gasteiger partial charge < -0.3 is 14.8 Å². The van der Waals surface area contributed by atoms with Crippen LogP contribution in [0.4, 0.5) is 0 Å². The number of nitrogens with one attached hydrogen (secondary N) is 2. The lowest BCUT2D eigenvalue weighted by Crippen LogP contribution is -2.07.